The molecule has 0 atom stereocenters. The minimum absolute atomic E-state index is 0.134. The van der Waals surface area contributed by atoms with E-state index in [1.54, 1.807) is 13.8 Å². The highest BCUT2D eigenvalue weighted by atomic mass is 32.2. The van der Waals surface area contributed by atoms with Crippen LogP contribution in [0, 0.1) is 0 Å². The molecule has 8 nitrogen and oxygen atoms in total. The molecule has 1 radical (unpaired) electrons. The largest absolute Gasteiger partial charge is 0.658 e. The second-order valence-corrected chi connectivity index (χ2v) is 8.81. The van der Waals surface area contributed by atoms with Crippen molar-refractivity contribution in [1.82, 2.24) is 9.44 Å². The van der Waals surface area contributed by atoms with Gasteiger partial charge in [0.25, 0.3) is 0 Å². The predicted molar refractivity (Wildman–Crippen MR) is 102 cm³/mol. The fraction of sp³-hybridized carbons (Fsp3) is 0.250. The number of rotatable bonds is 10. The molecule has 0 bridgehead atoms. The molecule has 145 valence electrons. The van der Waals surface area contributed by atoms with Crippen LogP contribution in [0.4, 0.5) is 0 Å². The van der Waals surface area contributed by atoms with Gasteiger partial charge < -0.3 is 9.31 Å². The van der Waals surface area contributed by atoms with E-state index in [0.29, 0.717) is 24.6 Å². The van der Waals surface area contributed by atoms with Gasteiger partial charge in [0.2, 0.25) is 20.0 Å². The first kappa shape index (κ1) is 21.2. The van der Waals surface area contributed by atoms with Gasteiger partial charge in [0.15, 0.2) is 0 Å². The normalized spacial score (nSPS) is 11.8. The number of sulfonamides is 2. The fourth-order valence-electron chi connectivity index (χ4n) is 2.08. The molecule has 0 aliphatic carbocycles. The second-order valence-electron chi connectivity index (χ2n) is 5.28. The Kier molecular flexibility index (Phi) is 7.25. The minimum atomic E-state index is -3.51. The Morgan fingerprint density at radius 3 is 1.33 bits per heavy atom. The van der Waals surface area contributed by atoms with Crippen molar-refractivity contribution in [3.05, 3.63) is 48.5 Å². The first-order valence-electron chi connectivity index (χ1n) is 8.13. The van der Waals surface area contributed by atoms with E-state index in [9.17, 15) is 16.8 Å². The van der Waals surface area contributed by atoms with Crippen LogP contribution in [0.1, 0.15) is 13.8 Å². The highest BCUT2D eigenvalue weighted by molar-refractivity contribution is 7.89. The summed E-state index contributed by atoms with van der Waals surface area (Å²) in [4.78, 5) is 0.269. The molecule has 0 saturated heterocycles. The van der Waals surface area contributed by atoms with Gasteiger partial charge in [-0.25, -0.2) is 26.3 Å². The summed E-state index contributed by atoms with van der Waals surface area (Å²) in [6.45, 7) is 4.00. The number of hydrogen-bond acceptors (Lipinski definition) is 6. The van der Waals surface area contributed by atoms with Gasteiger partial charge >= 0.3 is 7.69 Å². The molecule has 0 heterocycles. The van der Waals surface area contributed by atoms with Crippen LogP contribution in [-0.2, 0) is 20.0 Å². The zero-order chi connectivity index (χ0) is 19.9. The topological polar surface area (TPSA) is 111 Å². The Balaban J connectivity index is 1.91. The van der Waals surface area contributed by atoms with Gasteiger partial charge in [0.05, 0.1) is 9.79 Å². The van der Waals surface area contributed by atoms with Gasteiger partial charge in [-0.15, -0.1) is 0 Å². The average Bonchev–Trinajstić information content (AvgIpc) is 2.62. The summed E-state index contributed by atoms with van der Waals surface area (Å²) in [6.07, 6.45) is 0. The van der Waals surface area contributed by atoms with Gasteiger partial charge in [-0.2, -0.15) is 0 Å². The molecule has 0 aromatic heterocycles. The van der Waals surface area contributed by atoms with E-state index in [1.165, 1.54) is 48.5 Å². The zero-order valence-corrected chi connectivity index (χ0v) is 16.5. The van der Waals surface area contributed by atoms with Crippen molar-refractivity contribution in [2.45, 2.75) is 23.6 Å². The van der Waals surface area contributed by atoms with Crippen molar-refractivity contribution < 1.29 is 26.1 Å². The zero-order valence-electron chi connectivity index (χ0n) is 14.9. The Labute approximate surface area is 160 Å². The molecule has 0 aliphatic rings. The van der Waals surface area contributed by atoms with E-state index in [4.69, 9.17) is 9.31 Å². The number of hydrogen-bond donors (Lipinski definition) is 2. The lowest BCUT2D eigenvalue weighted by molar-refractivity contribution is 0.458. The monoisotopic (exact) mass is 411 g/mol. The third-order valence-corrected chi connectivity index (χ3v) is 6.43. The Morgan fingerprint density at radius 2 is 1.04 bits per heavy atom. The lowest BCUT2D eigenvalue weighted by Crippen LogP contribution is -2.23. The van der Waals surface area contributed by atoms with Crippen molar-refractivity contribution in [2.75, 3.05) is 13.1 Å². The molecule has 2 N–H and O–H groups in total. The molecule has 2 aromatic carbocycles. The van der Waals surface area contributed by atoms with Crippen molar-refractivity contribution in [3.63, 3.8) is 0 Å². The number of nitrogens with one attached hydrogen (secondary N) is 2. The molecule has 0 unspecified atom stereocenters. The molecule has 11 heteroatoms. The summed E-state index contributed by atoms with van der Waals surface area (Å²) >= 11 is 0. The van der Waals surface area contributed by atoms with Crippen LogP contribution in [0.5, 0.6) is 11.5 Å². The summed E-state index contributed by atoms with van der Waals surface area (Å²) in [5, 5.41) is 0. The quantitative estimate of drug-likeness (QED) is 0.570. The van der Waals surface area contributed by atoms with Crippen LogP contribution < -0.4 is 18.8 Å². The first-order valence-corrected chi connectivity index (χ1v) is 11.1. The van der Waals surface area contributed by atoms with Crippen LogP contribution in [-0.4, -0.2) is 37.6 Å². The average molecular weight is 411 g/mol. The SMILES string of the molecule is CCNS(=O)(=O)c1ccc(O[B]Oc2ccc(S(=O)(=O)NCC)cc2)cc1. The van der Waals surface area contributed by atoms with Crippen molar-refractivity contribution in [1.29, 1.82) is 0 Å². The number of benzene rings is 2. The van der Waals surface area contributed by atoms with E-state index in [1.807, 2.05) is 0 Å². The van der Waals surface area contributed by atoms with Crippen LogP contribution in [0.3, 0.4) is 0 Å². The molecule has 0 aliphatic heterocycles. The van der Waals surface area contributed by atoms with Crippen LogP contribution in [0.2, 0.25) is 0 Å². The van der Waals surface area contributed by atoms with Crippen LogP contribution in [0.25, 0.3) is 0 Å². The summed E-state index contributed by atoms with van der Waals surface area (Å²) in [5.41, 5.74) is 0. The van der Waals surface area contributed by atoms with E-state index in [-0.39, 0.29) is 9.79 Å². The molecule has 0 saturated carbocycles. The Hall–Kier alpha value is -2.08. The predicted octanol–water partition coefficient (Wildman–Crippen LogP) is 1.27. The molecule has 0 amide bonds. The molecule has 27 heavy (non-hydrogen) atoms. The smallest absolute Gasteiger partial charge is 0.526 e. The maximum Gasteiger partial charge on any atom is 0.658 e. The second kappa shape index (κ2) is 9.22. The maximum absolute atomic E-state index is 11.8. The van der Waals surface area contributed by atoms with E-state index < -0.39 is 20.0 Å². The summed E-state index contributed by atoms with van der Waals surface area (Å²) in [6, 6.07) is 11.7. The lowest BCUT2D eigenvalue weighted by Gasteiger charge is -2.09. The van der Waals surface area contributed by atoms with E-state index in [2.05, 4.69) is 9.44 Å². The van der Waals surface area contributed by atoms with Crippen LogP contribution in [0.15, 0.2) is 58.3 Å². The molecular weight excluding hydrogens is 391 g/mol. The molecule has 2 aromatic rings. The lowest BCUT2D eigenvalue weighted by atomic mass is 10.3. The van der Waals surface area contributed by atoms with E-state index >= 15 is 0 Å². The van der Waals surface area contributed by atoms with Crippen molar-refractivity contribution in [3.8, 4) is 11.5 Å². The van der Waals surface area contributed by atoms with Gasteiger partial charge in [0, 0.05) is 13.1 Å². The summed E-state index contributed by atoms with van der Waals surface area (Å²) in [7, 11) is -5.95. The summed E-state index contributed by atoms with van der Waals surface area (Å²) < 4.78 is 62.8. The van der Waals surface area contributed by atoms with E-state index in [0.717, 1.165) is 7.69 Å². The highest BCUT2D eigenvalue weighted by Gasteiger charge is 2.14. The first-order chi connectivity index (χ1) is 12.8. The Bertz CT molecular complexity index is 866. The van der Waals surface area contributed by atoms with Crippen molar-refractivity contribution >= 4 is 27.7 Å². The van der Waals surface area contributed by atoms with Crippen LogP contribution >= 0.6 is 0 Å². The molecule has 0 spiro atoms. The van der Waals surface area contributed by atoms with Gasteiger partial charge in [0.1, 0.15) is 11.5 Å². The third kappa shape index (κ3) is 5.96. The van der Waals surface area contributed by atoms with Gasteiger partial charge in [-0.1, -0.05) is 13.8 Å². The molecule has 0 fully saturated rings. The van der Waals surface area contributed by atoms with Gasteiger partial charge in [-0.05, 0) is 48.5 Å². The third-order valence-electron chi connectivity index (χ3n) is 3.31. The fourth-order valence-corrected chi connectivity index (χ4v) is 4.16. The molecule has 2 rings (SSSR count). The maximum atomic E-state index is 11.8. The Morgan fingerprint density at radius 1 is 0.704 bits per heavy atom. The van der Waals surface area contributed by atoms with Gasteiger partial charge in [-0.3, -0.25) is 0 Å². The molecular formula is C16H20BN2O6S2. The minimum Gasteiger partial charge on any atom is -0.526 e. The highest BCUT2D eigenvalue weighted by Crippen LogP contribution is 2.18. The standard InChI is InChI=1S/C16H20BN2O6S2/c1-3-18-26(20,21)15-9-5-13(6-10-15)24-17-25-14-7-11-16(12-8-14)27(22,23)19-4-2/h5-12,18-19H,3-4H2,1-2H3. The van der Waals surface area contributed by atoms with Crippen molar-refractivity contribution in [2.24, 2.45) is 0 Å². The summed E-state index contributed by atoms with van der Waals surface area (Å²) in [5.74, 6) is 0.772.